The fraction of sp³-hybridized carbons (Fsp3) is 0.632. The molecule has 0 radical (unpaired) electrons. The van der Waals surface area contributed by atoms with Crippen LogP contribution in [0, 0.1) is 5.92 Å². The number of nitrogens with zero attached hydrogens (tertiary/aromatic N) is 2. The monoisotopic (exact) mass is 347 g/mol. The third kappa shape index (κ3) is 5.78. The molecule has 0 saturated carbocycles. The Bertz CT molecular complexity index is 526. The molecule has 0 bridgehead atoms. The summed E-state index contributed by atoms with van der Waals surface area (Å²) in [6.07, 6.45) is 1.36. The van der Waals surface area contributed by atoms with Gasteiger partial charge < -0.3 is 20.1 Å². The highest BCUT2D eigenvalue weighted by Gasteiger charge is 2.26. The first-order valence-electron chi connectivity index (χ1n) is 9.27. The molecule has 1 aromatic carbocycles. The van der Waals surface area contributed by atoms with Crippen LogP contribution < -0.4 is 5.32 Å². The Morgan fingerprint density at radius 3 is 2.32 bits per heavy atom. The molecule has 138 valence electrons. The summed E-state index contributed by atoms with van der Waals surface area (Å²) in [4.78, 5) is 16.9. The molecule has 3 rings (SSSR count). The van der Waals surface area contributed by atoms with Crippen LogP contribution in [0.15, 0.2) is 30.3 Å². The normalized spacial score (nSPS) is 21.8. The number of nitrogens with one attached hydrogen (secondary N) is 1. The molecule has 2 fully saturated rings. The number of ether oxygens (including phenoxy) is 1. The molecule has 2 saturated heterocycles. The summed E-state index contributed by atoms with van der Waals surface area (Å²) < 4.78 is 5.34. The van der Waals surface area contributed by atoms with E-state index in [0.717, 1.165) is 57.9 Å². The largest absolute Gasteiger partial charge is 0.390 e. The van der Waals surface area contributed by atoms with Gasteiger partial charge in [0.15, 0.2) is 0 Å². The molecule has 0 spiro atoms. The topological polar surface area (TPSA) is 65.0 Å². The Labute approximate surface area is 149 Å². The number of likely N-dealkylation sites (tertiary alicyclic amines) is 1. The molecule has 6 nitrogen and oxygen atoms in total. The van der Waals surface area contributed by atoms with Crippen LogP contribution in [-0.4, -0.2) is 79.4 Å². The van der Waals surface area contributed by atoms with E-state index in [9.17, 15) is 9.90 Å². The predicted octanol–water partition coefficient (Wildman–Crippen LogP) is 1.03. The average Bonchev–Trinajstić information content (AvgIpc) is 2.64. The minimum Gasteiger partial charge on any atom is -0.390 e. The van der Waals surface area contributed by atoms with Gasteiger partial charge in [0.2, 0.25) is 5.91 Å². The van der Waals surface area contributed by atoms with Gasteiger partial charge in [0.25, 0.3) is 0 Å². The molecule has 2 aliphatic rings. The van der Waals surface area contributed by atoms with Crippen LogP contribution >= 0.6 is 0 Å². The van der Waals surface area contributed by atoms with E-state index >= 15 is 0 Å². The number of rotatable bonds is 6. The Hall–Kier alpha value is -1.47. The summed E-state index contributed by atoms with van der Waals surface area (Å²) in [5.41, 5.74) is 0.857. The summed E-state index contributed by atoms with van der Waals surface area (Å²) >= 11 is 0. The average molecular weight is 347 g/mol. The van der Waals surface area contributed by atoms with Gasteiger partial charge in [-0.15, -0.1) is 0 Å². The van der Waals surface area contributed by atoms with Crippen molar-refractivity contribution in [2.24, 2.45) is 5.92 Å². The van der Waals surface area contributed by atoms with Crippen LogP contribution in [-0.2, 0) is 9.53 Å². The van der Waals surface area contributed by atoms with E-state index in [1.165, 1.54) is 0 Å². The zero-order valence-corrected chi connectivity index (χ0v) is 14.8. The Morgan fingerprint density at radius 1 is 1.08 bits per heavy atom. The number of aliphatic hydroxyl groups is 1. The zero-order valence-electron chi connectivity index (χ0n) is 14.8. The lowest BCUT2D eigenvalue weighted by Crippen LogP contribution is -2.46. The second-order valence-corrected chi connectivity index (χ2v) is 7.00. The standard InChI is InChI=1S/C19H29N3O3/c23-18(15-22-10-12-25-13-11-22)14-21-8-6-16(7-9-21)19(24)20-17-4-2-1-3-5-17/h1-5,16,18,23H,6-15H2,(H,20,24). The summed E-state index contributed by atoms with van der Waals surface area (Å²) in [7, 11) is 0. The number of piperidine rings is 1. The summed E-state index contributed by atoms with van der Waals surface area (Å²) in [6.45, 7) is 6.45. The second-order valence-electron chi connectivity index (χ2n) is 7.00. The highest BCUT2D eigenvalue weighted by atomic mass is 16.5. The van der Waals surface area contributed by atoms with Crippen molar-refractivity contribution in [3.63, 3.8) is 0 Å². The molecule has 0 aliphatic carbocycles. The molecule has 6 heteroatoms. The van der Waals surface area contributed by atoms with Crippen molar-refractivity contribution in [1.82, 2.24) is 9.80 Å². The highest BCUT2D eigenvalue weighted by molar-refractivity contribution is 5.92. The Balaban J connectivity index is 1.37. The van der Waals surface area contributed by atoms with Crippen molar-refractivity contribution in [1.29, 1.82) is 0 Å². The fourth-order valence-electron chi connectivity index (χ4n) is 3.58. The minimum absolute atomic E-state index is 0.0628. The lowest BCUT2D eigenvalue weighted by Gasteiger charge is -2.34. The first-order chi connectivity index (χ1) is 12.2. The van der Waals surface area contributed by atoms with Crippen LogP contribution in [0.2, 0.25) is 0 Å². The van der Waals surface area contributed by atoms with E-state index in [1.54, 1.807) is 0 Å². The van der Waals surface area contributed by atoms with Crippen molar-refractivity contribution in [3.8, 4) is 0 Å². The van der Waals surface area contributed by atoms with Crippen LogP contribution in [0.1, 0.15) is 12.8 Å². The molecular weight excluding hydrogens is 318 g/mol. The zero-order chi connectivity index (χ0) is 17.5. The van der Waals surface area contributed by atoms with Gasteiger partial charge in [0.05, 0.1) is 19.3 Å². The van der Waals surface area contributed by atoms with Crippen molar-refractivity contribution in [3.05, 3.63) is 30.3 Å². The van der Waals surface area contributed by atoms with Crippen molar-refractivity contribution in [2.75, 3.05) is 57.8 Å². The lowest BCUT2D eigenvalue weighted by molar-refractivity contribution is -0.121. The maximum absolute atomic E-state index is 12.4. The lowest BCUT2D eigenvalue weighted by atomic mass is 9.95. The fourth-order valence-corrected chi connectivity index (χ4v) is 3.58. The van der Waals surface area contributed by atoms with Gasteiger partial charge in [-0.2, -0.15) is 0 Å². The van der Waals surface area contributed by atoms with Crippen LogP contribution in [0.4, 0.5) is 5.69 Å². The van der Waals surface area contributed by atoms with Crippen molar-refractivity contribution >= 4 is 11.6 Å². The smallest absolute Gasteiger partial charge is 0.227 e. The Kier molecular flexibility index (Phi) is 6.81. The number of para-hydroxylation sites is 1. The molecule has 1 atom stereocenters. The third-order valence-corrected chi connectivity index (χ3v) is 5.04. The van der Waals surface area contributed by atoms with Gasteiger partial charge in [0.1, 0.15) is 0 Å². The van der Waals surface area contributed by atoms with Crippen LogP contribution in [0.25, 0.3) is 0 Å². The number of aliphatic hydroxyl groups excluding tert-OH is 1. The van der Waals surface area contributed by atoms with Gasteiger partial charge in [-0.3, -0.25) is 9.69 Å². The SMILES string of the molecule is O=C(Nc1ccccc1)C1CCN(CC(O)CN2CCOCC2)CC1. The van der Waals surface area contributed by atoms with E-state index in [-0.39, 0.29) is 17.9 Å². The molecule has 1 unspecified atom stereocenters. The highest BCUT2D eigenvalue weighted by Crippen LogP contribution is 2.19. The number of hydrogen-bond donors (Lipinski definition) is 2. The maximum atomic E-state index is 12.4. The minimum atomic E-state index is -0.340. The number of morpholine rings is 1. The molecular formula is C19H29N3O3. The molecule has 1 amide bonds. The van der Waals surface area contributed by atoms with E-state index < -0.39 is 0 Å². The number of benzene rings is 1. The van der Waals surface area contributed by atoms with Crippen LogP contribution in [0.5, 0.6) is 0 Å². The number of amides is 1. The summed E-state index contributed by atoms with van der Waals surface area (Å²) in [6, 6.07) is 9.61. The number of anilines is 1. The predicted molar refractivity (Wildman–Crippen MR) is 97.5 cm³/mol. The van der Waals surface area contributed by atoms with E-state index in [4.69, 9.17) is 4.74 Å². The maximum Gasteiger partial charge on any atom is 0.227 e. The molecule has 2 aliphatic heterocycles. The van der Waals surface area contributed by atoms with Gasteiger partial charge in [-0.1, -0.05) is 18.2 Å². The molecule has 1 aromatic rings. The molecule has 2 heterocycles. The van der Waals surface area contributed by atoms with Crippen molar-refractivity contribution < 1.29 is 14.6 Å². The molecule has 2 N–H and O–H groups in total. The van der Waals surface area contributed by atoms with E-state index in [0.29, 0.717) is 13.1 Å². The number of hydrogen-bond acceptors (Lipinski definition) is 5. The Morgan fingerprint density at radius 2 is 1.68 bits per heavy atom. The third-order valence-electron chi connectivity index (χ3n) is 5.04. The number of carbonyl (C=O) groups excluding carboxylic acids is 1. The van der Waals surface area contributed by atoms with Gasteiger partial charge in [-0.25, -0.2) is 0 Å². The number of carbonyl (C=O) groups is 1. The van der Waals surface area contributed by atoms with E-state index in [2.05, 4.69) is 15.1 Å². The second kappa shape index (κ2) is 9.29. The first kappa shape index (κ1) is 18.3. The first-order valence-corrected chi connectivity index (χ1v) is 9.27. The van der Waals surface area contributed by atoms with Crippen LogP contribution in [0.3, 0.4) is 0 Å². The van der Waals surface area contributed by atoms with Gasteiger partial charge in [-0.05, 0) is 38.1 Å². The summed E-state index contributed by atoms with van der Waals surface area (Å²) in [5, 5.41) is 13.3. The molecule has 25 heavy (non-hydrogen) atoms. The summed E-state index contributed by atoms with van der Waals surface area (Å²) in [5.74, 6) is 0.174. The van der Waals surface area contributed by atoms with E-state index in [1.807, 2.05) is 30.3 Å². The quantitative estimate of drug-likeness (QED) is 0.805. The van der Waals surface area contributed by atoms with Gasteiger partial charge in [0, 0.05) is 37.8 Å². The van der Waals surface area contributed by atoms with Gasteiger partial charge >= 0.3 is 0 Å². The molecule has 0 aromatic heterocycles. The number of β-amino-alcohol motifs (C(OH)–C–C–N with tert-alkyl or cyclic N) is 1. The van der Waals surface area contributed by atoms with Crippen molar-refractivity contribution in [2.45, 2.75) is 18.9 Å².